The van der Waals surface area contributed by atoms with Gasteiger partial charge in [0, 0.05) is 6.42 Å². The third-order valence-corrected chi connectivity index (χ3v) is 2.97. The molecular formula is C11H11ClF3N5. The summed E-state index contributed by atoms with van der Waals surface area (Å²) in [4.78, 5) is 0. The average Bonchev–Trinajstić information content (AvgIpc) is 2.84. The van der Waals surface area contributed by atoms with Gasteiger partial charge in [-0.25, -0.2) is 0 Å². The Kier molecular flexibility index (Phi) is 4.24. The van der Waals surface area contributed by atoms with Gasteiger partial charge in [-0.1, -0.05) is 11.6 Å². The monoisotopic (exact) mass is 305 g/mol. The summed E-state index contributed by atoms with van der Waals surface area (Å²) in [6.07, 6.45) is -3.41. The van der Waals surface area contributed by atoms with Gasteiger partial charge in [0.05, 0.1) is 16.3 Å². The van der Waals surface area contributed by atoms with E-state index in [0.717, 1.165) is 6.07 Å². The number of nitrogens with two attached hydrogens (primary N) is 1. The smallest absolute Gasteiger partial charge is 0.330 e. The Morgan fingerprint density at radius 2 is 2.05 bits per heavy atom. The molecule has 5 nitrogen and oxygen atoms in total. The number of halogens is 4. The fourth-order valence-electron chi connectivity index (χ4n) is 1.68. The lowest BCUT2D eigenvalue weighted by Gasteiger charge is -2.11. The zero-order valence-electron chi connectivity index (χ0n) is 10.2. The van der Waals surface area contributed by atoms with Crippen LogP contribution in [0, 0.1) is 0 Å². The minimum Gasteiger partial charge on any atom is -0.330 e. The van der Waals surface area contributed by atoms with Crippen LogP contribution in [0.2, 0.25) is 5.02 Å². The summed E-state index contributed by atoms with van der Waals surface area (Å²) in [6, 6.07) is 3.53. The molecule has 0 radical (unpaired) electrons. The van der Waals surface area contributed by atoms with Crippen LogP contribution in [-0.2, 0) is 12.6 Å². The number of rotatable bonds is 4. The maximum absolute atomic E-state index is 12.8. The molecule has 0 unspecified atom stereocenters. The number of aromatic nitrogens is 4. The van der Waals surface area contributed by atoms with E-state index in [-0.39, 0.29) is 10.7 Å². The highest BCUT2D eigenvalue weighted by Crippen LogP contribution is 2.35. The highest BCUT2D eigenvalue weighted by atomic mass is 35.5. The molecular weight excluding hydrogens is 295 g/mol. The average molecular weight is 306 g/mol. The second kappa shape index (κ2) is 5.76. The SMILES string of the molecule is NCCCc1nnnn1-c1ccc(Cl)c(C(F)(F)F)c1. The number of aryl methyl sites for hydroxylation is 1. The van der Waals surface area contributed by atoms with Gasteiger partial charge in [-0.15, -0.1) is 5.10 Å². The van der Waals surface area contributed by atoms with E-state index >= 15 is 0 Å². The quantitative estimate of drug-likeness (QED) is 0.940. The van der Waals surface area contributed by atoms with Crippen LogP contribution in [-0.4, -0.2) is 26.8 Å². The predicted octanol–water partition coefficient (Wildman–Crippen LogP) is 2.23. The highest BCUT2D eigenvalue weighted by Gasteiger charge is 2.33. The Labute approximate surface area is 117 Å². The molecule has 0 atom stereocenters. The summed E-state index contributed by atoms with van der Waals surface area (Å²) >= 11 is 5.57. The molecule has 9 heteroatoms. The molecule has 0 aliphatic rings. The van der Waals surface area contributed by atoms with Crippen LogP contribution in [0.5, 0.6) is 0 Å². The molecule has 0 aliphatic heterocycles. The van der Waals surface area contributed by atoms with Crippen molar-refractivity contribution in [2.75, 3.05) is 6.54 Å². The Morgan fingerprint density at radius 3 is 2.70 bits per heavy atom. The van der Waals surface area contributed by atoms with Gasteiger partial charge in [-0.3, -0.25) is 0 Å². The molecule has 0 amide bonds. The Bertz CT molecular complexity index is 596. The van der Waals surface area contributed by atoms with Crippen molar-refractivity contribution in [1.29, 1.82) is 0 Å². The van der Waals surface area contributed by atoms with E-state index in [1.807, 2.05) is 0 Å². The first-order chi connectivity index (χ1) is 9.43. The largest absolute Gasteiger partial charge is 0.417 e. The second-order valence-corrected chi connectivity index (χ2v) is 4.47. The van der Waals surface area contributed by atoms with Crippen LogP contribution < -0.4 is 5.73 Å². The molecule has 2 aromatic rings. The van der Waals surface area contributed by atoms with Crippen molar-refractivity contribution in [2.45, 2.75) is 19.0 Å². The molecule has 108 valence electrons. The number of hydrogen-bond acceptors (Lipinski definition) is 4. The molecule has 0 spiro atoms. The lowest BCUT2D eigenvalue weighted by molar-refractivity contribution is -0.137. The maximum atomic E-state index is 12.8. The van der Waals surface area contributed by atoms with Gasteiger partial charge < -0.3 is 5.73 Å². The summed E-state index contributed by atoms with van der Waals surface area (Å²) in [7, 11) is 0. The Balaban J connectivity index is 2.41. The number of alkyl halides is 3. The fourth-order valence-corrected chi connectivity index (χ4v) is 1.91. The summed E-state index contributed by atoms with van der Waals surface area (Å²) in [5, 5.41) is 10.6. The minimum absolute atomic E-state index is 0.207. The molecule has 0 saturated heterocycles. The third-order valence-electron chi connectivity index (χ3n) is 2.64. The van der Waals surface area contributed by atoms with Crippen molar-refractivity contribution in [3.05, 3.63) is 34.6 Å². The summed E-state index contributed by atoms with van der Waals surface area (Å²) in [6.45, 7) is 0.446. The van der Waals surface area contributed by atoms with Crippen molar-refractivity contribution < 1.29 is 13.2 Å². The van der Waals surface area contributed by atoms with E-state index in [1.54, 1.807) is 0 Å². The first kappa shape index (κ1) is 14.7. The van der Waals surface area contributed by atoms with Gasteiger partial charge in [0.1, 0.15) is 0 Å². The predicted molar refractivity (Wildman–Crippen MR) is 66.5 cm³/mol. The molecule has 1 aromatic carbocycles. The third kappa shape index (κ3) is 3.07. The zero-order valence-corrected chi connectivity index (χ0v) is 11.0. The van der Waals surface area contributed by atoms with Gasteiger partial charge in [0.15, 0.2) is 5.82 Å². The lowest BCUT2D eigenvalue weighted by Crippen LogP contribution is -2.10. The van der Waals surface area contributed by atoms with E-state index < -0.39 is 11.7 Å². The van der Waals surface area contributed by atoms with Crippen LogP contribution in [0.25, 0.3) is 5.69 Å². The van der Waals surface area contributed by atoms with Gasteiger partial charge in [-0.2, -0.15) is 17.9 Å². The second-order valence-electron chi connectivity index (χ2n) is 4.06. The Morgan fingerprint density at radius 1 is 1.30 bits per heavy atom. The molecule has 0 bridgehead atoms. The number of hydrogen-bond donors (Lipinski definition) is 1. The van der Waals surface area contributed by atoms with Gasteiger partial charge >= 0.3 is 6.18 Å². The van der Waals surface area contributed by atoms with Crippen molar-refractivity contribution in [3.63, 3.8) is 0 Å². The van der Waals surface area contributed by atoms with Crippen LogP contribution in [0.15, 0.2) is 18.2 Å². The standard InChI is InChI=1S/C11H11ClF3N5/c12-9-4-3-7(6-8(9)11(13,14)15)20-10(2-1-5-16)17-18-19-20/h3-4,6H,1-2,5,16H2. The molecule has 20 heavy (non-hydrogen) atoms. The number of tetrazole rings is 1. The summed E-state index contributed by atoms with van der Waals surface area (Å²) in [5.74, 6) is 0.450. The minimum atomic E-state index is -4.53. The first-order valence-electron chi connectivity index (χ1n) is 5.78. The van der Waals surface area contributed by atoms with Gasteiger partial charge in [-0.05, 0) is 41.6 Å². The van der Waals surface area contributed by atoms with Crippen molar-refractivity contribution in [3.8, 4) is 5.69 Å². The molecule has 0 fully saturated rings. The van der Waals surface area contributed by atoms with E-state index in [9.17, 15) is 13.2 Å². The molecule has 1 heterocycles. The van der Waals surface area contributed by atoms with Gasteiger partial charge in [0.2, 0.25) is 0 Å². The topological polar surface area (TPSA) is 69.6 Å². The summed E-state index contributed by atoms with van der Waals surface area (Å²) < 4.78 is 39.7. The van der Waals surface area contributed by atoms with Gasteiger partial charge in [0.25, 0.3) is 0 Å². The number of benzene rings is 1. The lowest BCUT2D eigenvalue weighted by atomic mass is 10.2. The van der Waals surface area contributed by atoms with Crippen LogP contribution in [0.4, 0.5) is 13.2 Å². The molecule has 0 saturated carbocycles. The van der Waals surface area contributed by atoms with E-state index in [4.69, 9.17) is 17.3 Å². The van der Waals surface area contributed by atoms with Crippen LogP contribution in [0.1, 0.15) is 17.8 Å². The zero-order chi connectivity index (χ0) is 14.8. The molecule has 0 aliphatic carbocycles. The first-order valence-corrected chi connectivity index (χ1v) is 6.15. The number of nitrogens with zero attached hydrogens (tertiary/aromatic N) is 4. The fraction of sp³-hybridized carbons (Fsp3) is 0.364. The van der Waals surface area contributed by atoms with E-state index in [2.05, 4.69) is 15.5 Å². The van der Waals surface area contributed by atoms with Crippen molar-refractivity contribution in [2.24, 2.45) is 5.73 Å². The van der Waals surface area contributed by atoms with Crippen molar-refractivity contribution >= 4 is 11.6 Å². The molecule has 1 aromatic heterocycles. The molecule has 2 rings (SSSR count). The highest BCUT2D eigenvalue weighted by molar-refractivity contribution is 6.31. The summed E-state index contributed by atoms with van der Waals surface area (Å²) in [5.41, 5.74) is 4.68. The van der Waals surface area contributed by atoms with E-state index in [1.165, 1.54) is 16.8 Å². The Hall–Kier alpha value is -1.67. The molecule has 2 N–H and O–H groups in total. The normalized spacial score (nSPS) is 11.8. The van der Waals surface area contributed by atoms with E-state index in [0.29, 0.717) is 25.2 Å². The van der Waals surface area contributed by atoms with Crippen LogP contribution >= 0.6 is 11.6 Å². The van der Waals surface area contributed by atoms with Crippen LogP contribution in [0.3, 0.4) is 0 Å². The van der Waals surface area contributed by atoms with Crippen molar-refractivity contribution in [1.82, 2.24) is 20.2 Å². The maximum Gasteiger partial charge on any atom is 0.417 e.